The van der Waals surface area contributed by atoms with E-state index in [1.807, 2.05) is 12.2 Å². The summed E-state index contributed by atoms with van der Waals surface area (Å²) in [5.74, 6) is 0. The largest absolute Gasteiger partial charge is 0.822 e. The van der Waals surface area contributed by atoms with Crippen LogP contribution in [-0.2, 0) is 4.57 Å². The summed E-state index contributed by atoms with van der Waals surface area (Å²) in [6.45, 7) is 7.10. The van der Waals surface area contributed by atoms with E-state index in [4.69, 9.17) is 19.2 Å². The van der Waals surface area contributed by atoms with E-state index in [0.29, 0.717) is 0 Å². The summed E-state index contributed by atoms with van der Waals surface area (Å²) in [5, 5.41) is 0. The van der Waals surface area contributed by atoms with E-state index in [1.54, 1.807) is 0 Å². The Labute approximate surface area is 66.1 Å². The molecule has 0 saturated carbocycles. The minimum atomic E-state index is -5.39. The van der Waals surface area contributed by atoms with Gasteiger partial charge >= 0.3 is 0 Å². The number of phosphoric acid groups is 1. The molecule has 0 radical (unpaired) electrons. The molecule has 0 unspecified atom stereocenters. The molecule has 0 saturated heterocycles. The molecule has 0 aromatic rings. The number of allylic oxidation sites excluding steroid dienone is 2. The fraction of sp³-hybridized carbons (Fsp3) is 0.333. The second-order valence-corrected chi connectivity index (χ2v) is 2.50. The van der Waals surface area contributed by atoms with Gasteiger partial charge in [0.05, 0.1) is 0 Å². The first-order chi connectivity index (χ1) is 4.91. The van der Waals surface area contributed by atoms with Crippen LogP contribution < -0.4 is 14.7 Å². The van der Waals surface area contributed by atoms with Crippen molar-refractivity contribution in [1.29, 1.82) is 0 Å². The highest BCUT2D eigenvalue weighted by Crippen LogP contribution is 2.03. The van der Waals surface area contributed by atoms with Crippen LogP contribution in [0, 0.1) is 0 Å². The number of unbranched alkanes of at least 4 members (excludes halogenated alkanes) is 1. The van der Waals surface area contributed by atoms with E-state index in [9.17, 15) is 0 Å². The molecule has 5 heteroatoms. The van der Waals surface area contributed by atoms with Gasteiger partial charge in [-0.2, -0.15) is 7.82 Å². The summed E-state index contributed by atoms with van der Waals surface area (Å²) in [4.78, 5) is 25.6. The van der Waals surface area contributed by atoms with Gasteiger partial charge in [-0.25, -0.2) is 0 Å². The van der Waals surface area contributed by atoms with Gasteiger partial charge in [-0.15, -0.1) is 13.2 Å². The van der Waals surface area contributed by atoms with Crippen LogP contribution in [0.1, 0.15) is 12.8 Å². The van der Waals surface area contributed by atoms with Crippen LogP contribution in [0.25, 0.3) is 0 Å². The molecule has 0 aliphatic carbocycles. The van der Waals surface area contributed by atoms with Gasteiger partial charge in [0.15, 0.2) is 0 Å². The Kier molecular flexibility index (Phi) is 9.23. The maximum absolute atomic E-state index is 8.55. The Morgan fingerprint density at radius 2 is 1.27 bits per heavy atom. The highest BCUT2D eigenvalue weighted by molar-refractivity contribution is 7.40. The van der Waals surface area contributed by atoms with E-state index < -0.39 is 7.82 Å². The minimum absolute atomic E-state index is 1.06. The quantitative estimate of drug-likeness (QED) is 0.324. The molecule has 0 aliphatic heterocycles. The Hall–Kier alpha value is -0.410. The average Bonchev–Trinajstić information content (AvgIpc) is 1.79. The third-order valence-electron chi connectivity index (χ3n) is 0.575. The van der Waals surface area contributed by atoms with Crippen LogP contribution >= 0.6 is 7.82 Å². The van der Waals surface area contributed by atoms with Crippen LogP contribution in [0.4, 0.5) is 0 Å². The first-order valence-electron chi connectivity index (χ1n) is 2.86. The molecular weight excluding hydrogens is 167 g/mol. The van der Waals surface area contributed by atoms with Crippen molar-refractivity contribution >= 4 is 7.82 Å². The SMILES string of the molecule is C=CCCC=C.O=P([O-])([O-])[O-]. The molecule has 0 atom stereocenters. The van der Waals surface area contributed by atoms with Crippen molar-refractivity contribution in [1.82, 2.24) is 0 Å². The summed E-state index contributed by atoms with van der Waals surface area (Å²) in [7, 11) is -5.39. The molecule has 0 N–H and O–H groups in total. The van der Waals surface area contributed by atoms with Crippen molar-refractivity contribution in [3.63, 3.8) is 0 Å². The lowest BCUT2D eigenvalue weighted by Crippen LogP contribution is -2.24. The molecule has 0 spiro atoms. The Morgan fingerprint density at radius 3 is 1.36 bits per heavy atom. The van der Waals surface area contributed by atoms with Crippen molar-refractivity contribution in [2.24, 2.45) is 0 Å². The van der Waals surface area contributed by atoms with Crippen LogP contribution in [0.15, 0.2) is 25.3 Å². The van der Waals surface area contributed by atoms with E-state index in [0.717, 1.165) is 12.8 Å². The normalized spacial score (nSPS) is 9.36. The molecule has 0 heterocycles. The number of hydrogen-bond acceptors (Lipinski definition) is 4. The molecular formula is C6H10O4P-3. The lowest BCUT2D eigenvalue weighted by Gasteiger charge is -2.36. The smallest absolute Gasteiger partial charge is 0.0319 e. The highest BCUT2D eigenvalue weighted by atomic mass is 31.2. The lowest BCUT2D eigenvalue weighted by molar-refractivity contribution is -0.432. The van der Waals surface area contributed by atoms with Crippen LogP contribution in [-0.4, -0.2) is 0 Å². The molecule has 0 aromatic carbocycles. The first-order valence-corrected chi connectivity index (χ1v) is 4.32. The third-order valence-corrected chi connectivity index (χ3v) is 0.575. The van der Waals surface area contributed by atoms with Gasteiger partial charge in [0.1, 0.15) is 0 Å². The fourth-order valence-electron chi connectivity index (χ4n) is 0.236. The lowest BCUT2D eigenvalue weighted by atomic mass is 10.3. The maximum Gasteiger partial charge on any atom is -0.0319 e. The van der Waals surface area contributed by atoms with Gasteiger partial charge in [0.2, 0.25) is 0 Å². The molecule has 0 fully saturated rings. The van der Waals surface area contributed by atoms with Crippen LogP contribution in [0.2, 0.25) is 0 Å². The summed E-state index contributed by atoms with van der Waals surface area (Å²) in [6, 6.07) is 0. The second-order valence-electron chi connectivity index (χ2n) is 1.60. The summed E-state index contributed by atoms with van der Waals surface area (Å²) >= 11 is 0. The molecule has 0 rings (SSSR count). The minimum Gasteiger partial charge on any atom is -0.822 e. The Bertz CT molecular complexity index is 132. The van der Waals surface area contributed by atoms with Gasteiger partial charge in [-0.3, -0.25) is 0 Å². The van der Waals surface area contributed by atoms with E-state index in [1.165, 1.54) is 0 Å². The van der Waals surface area contributed by atoms with Gasteiger partial charge in [-0.1, -0.05) is 12.2 Å². The van der Waals surface area contributed by atoms with E-state index in [2.05, 4.69) is 13.2 Å². The number of rotatable bonds is 3. The highest BCUT2D eigenvalue weighted by Gasteiger charge is 1.66. The standard InChI is InChI=1S/C6H10.H3O4P/c1-3-5-6-4-2;1-5(2,3)4/h3-4H,1-2,5-6H2;(H3,1,2,3,4)/p-3. The van der Waals surface area contributed by atoms with Crippen molar-refractivity contribution in [2.75, 3.05) is 0 Å². The van der Waals surface area contributed by atoms with Crippen LogP contribution in [0.5, 0.6) is 0 Å². The van der Waals surface area contributed by atoms with Gasteiger partial charge in [-0.05, 0) is 12.8 Å². The molecule has 0 aromatic heterocycles. The molecule has 66 valence electrons. The number of hydrogen-bond donors (Lipinski definition) is 0. The summed E-state index contributed by atoms with van der Waals surface area (Å²) in [6.07, 6.45) is 5.90. The molecule has 0 aliphatic rings. The Balaban J connectivity index is 0. The predicted molar refractivity (Wildman–Crippen MR) is 37.2 cm³/mol. The average molecular weight is 177 g/mol. The summed E-state index contributed by atoms with van der Waals surface area (Å²) in [5.41, 5.74) is 0. The Morgan fingerprint density at radius 1 is 1.09 bits per heavy atom. The van der Waals surface area contributed by atoms with E-state index in [-0.39, 0.29) is 0 Å². The topological polar surface area (TPSA) is 86.2 Å². The first kappa shape index (κ1) is 13.2. The van der Waals surface area contributed by atoms with Crippen LogP contribution in [0.3, 0.4) is 0 Å². The molecule has 0 amide bonds. The fourth-order valence-corrected chi connectivity index (χ4v) is 0.236. The van der Waals surface area contributed by atoms with Crippen molar-refractivity contribution in [2.45, 2.75) is 12.8 Å². The maximum atomic E-state index is 8.55. The predicted octanol–water partition coefficient (Wildman–Crippen LogP) is -0.686. The van der Waals surface area contributed by atoms with Gasteiger partial charge in [0, 0.05) is 0 Å². The zero-order valence-electron chi connectivity index (χ0n) is 6.06. The molecule has 4 nitrogen and oxygen atoms in total. The summed E-state index contributed by atoms with van der Waals surface area (Å²) < 4.78 is 8.55. The zero-order chi connectivity index (χ0) is 9.33. The second kappa shape index (κ2) is 7.69. The zero-order valence-corrected chi connectivity index (χ0v) is 6.96. The molecule has 0 bridgehead atoms. The van der Waals surface area contributed by atoms with Gasteiger partial charge < -0.3 is 19.2 Å². The molecule has 11 heavy (non-hydrogen) atoms. The third kappa shape index (κ3) is 82.4. The monoisotopic (exact) mass is 177 g/mol. The van der Waals surface area contributed by atoms with Gasteiger partial charge in [0.25, 0.3) is 0 Å². The van der Waals surface area contributed by atoms with Crippen molar-refractivity contribution < 1.29 is 19.2 Å². The van der Waals surface area contributed by atoms with Crippen molar-refractivity contribution in [3.05, 3.63) is 25.3 Å². The van der Waals surface area contributed by atoms with Crippen molar-refractivity contribution in [3.8, 4) is 0 Å². The van der Waals surface area contributed by atoms with E-state index >= 15 is 0 Å².